The van der Waals surface area contributed by atoms with Crippen molar-refractivity contribution in [3.63, 3.8) is 0 Å². The molecule has 0 radical (unpaired) electrons. The molecule has 0 fully saturated rings. The summed E-state index contributed by atoms with van der Waals surface area (Å²) in [6.45, 7) is 5.35. The first-order valence-corrected chi connectivity index (χ1v) is 8.72. The van der Waals surface area contributed by atoms with Gasteiger partial charge in [-0.3, -0.25) is 9.69 Å². The lowest BCUT2D eigenvalue weighted by Gasteiger charge is -2.24. The minimum absolute atomic E-state index is 0.0310. The number of nitrogens with one attached hydrogen (secondary N) is 1. The van der Waals surface area contributed by atoms with E-state index in [0.717, 1.165) is 24.3 Å². The molecule has 0 aromatic heterocycles. The molecule has 0 unspecified atom stereocenters. The van der Waals surface area contributed by atoms with E-state index in [1.54, 1.807) is 7.11 Å². The molecule has 134 valence electrons. The molecule has 1 amide bonds. The highest BCUT2D eigenvalue weighted by molar-refractivity contribution is 5.81. The molecule has 0 heterocycles. The van der Waals surface area contributed by atoms with Gasteiger partial charge in [-0.05, 0) is 49.2 Å². The van der Waals surface area contributed by atoms with Gasteiger partial charge in [-0.25, -0.2) is 0 Å². The summed E-state index contributed by atoms with van der Waals surface area (Å²) in [7, 11) is 3.62. The highest BCUT2D eigenvalue weighted by Gasteiger charge is 2.17. The van der Waals surface area contributed by atoms with Gasteiger partial charge in [0.05, 0.1) is 13.2 Å². The molecule has 0 saturated heterocycles. The Bertz CT molecular complexity index is 665. The number of amides is 1. The van der Waals surface area contributed by atoms with Gasteiger partial charge in [0.15, 0.2) is 0 Å². The molecule has 0 aliphatic carbocycles. The van der Waals surface area contributed by atoms with E-state index in [1.807, 2.05) is 38.2 Å². The fraction of sp³-hybridized carbons (Fsp3) is 0.381. The normalized spacial score (nSPS) is 12.0. The average Bonchev–Trinajstić information content (AvgIpc) is 2.66. The summed E-state index contributed by atoms with van der Waals surface area (Å²) in [5.41, 5.74) is 3.60. The number of nitrogens with zero attached hydrogens (tertiary/aromatic N) is 1. The first kappa shape index (κ1) is 19.0. The van der Waals surface area contributed by atoms with Crippen molar-refractivity contribution >= 4 is 5.91 Å². The molecule has 0 bridgehead atoms. The third-order valence-corrected chi connectivity index (χ3v) is 4.53. The van der Waals surface area contributed by atoms with Crippen molar-refractivity contribution < 1.29 is 9.53 Å². The van der Waals surface area contributed by atoms with Crippen molar-refractivity contribution in [2.75, 3.05) is 14.2 Å². The second-order valence-corrected chi connectivity index (χ2v) is 6.33. The fourth-order valence-electron chi connectivity index (χ4n) is 2.59. The van der Waals surface area contributed by atoms with Gasteiger partial charge in [0, 0.05) is 13.1 Å². The summed E-state index contributed by atoms with van der Waals surface area (Å²) in [6, 6.07) is 16.1. The van der Waals surface area contributed by atoms with E-state index >= 15 is 0 Å². The van der Waals surface area contributed by atoms with Gasteiger partial charge >= 0.3 is 0 Å². The van der Waals surface area contributed by atoms with E-state index in [-0.39, 0.29) is 11.9 Å². The maximum absolute atomic E-state index is 12.4. The van der Waals surface area contributed by atoms with Crippen LogP contribution in [-0.4, -0.2) is 31.0 Å². The minimum atomic E-state index is -0.191. The predicted octanol–water partition coefficient (Wildman–Crippen LogP) is 3.39. The van der Waals surface area contributed by atoms with Gasteiger partial charge in [-0.15, -0.1) is 0 Å². The topological polar surface area (TPSA) is 41.6 Å². The molecule has 1 atom stereocenters. The molecule has 2 aromatic carbocycles. The summed E-state index contributed by atoms with van der Waals surface area (Å²) < 4.78 is 5.14. The van der Waals surface area contributed by atoms with Gasteiger partial charge in [0.25, 0.3) is 0 Å². The van der Waals surface area contributed by atoms with Crippen LogP contribution in [0.15, 0.2) is 48.5 Å². The Hall–Kier alpha value is -2.33. The Labute approximate surface area is 150 Å². The predicted molar refractivity (Wildman–Crippen MR) is 102 cm³/mol. The van der Waals surface area contributed by atoms with Crippen molar-refractivity contribution in [3.8, 4) is 5.75 Å². The summed E-state index contributed by atoms with van der Waals surface area (Å²) in [6.07, 6.45) is 1.04. The molecule has 1 N–H and O–H groups in total. The van der Waals surface area contributed by atoms with Crippen LogP contribution in [0.5, 0.6) is 5.75 Å². The van der Waals surface area contributed by atoms with Crippen LogP contribution in [0.25, 0.3) is 0 Å². The summed E-state index contributed by atoms with van der Waals surface area (Å²) in [5, 5.41) is 3.00. The number of methoxy groups -OCH3 is 1. The van der Waals surface area contributed by atoms with Crippen LogP contribution in [-0.2, 0) is 24.3 Å². The SMILES string of the molecule is CCc1ccc(CN(C)[C@@H](C)C(=O)NCc2ccc(OC)cc2)cc1. The second-order valence-electron chi connectivity index (χ2n) is 6.33. The van der Waals surface area contributed by atoms with Crippen LogP contribution in [0, 0.1) is 0 Å². The van der Waals surface area contributed by atoms with Crippen molar-refractivity contribution in [1.29, 1.82) is 0 Å². The smallest absolute Gasteiger partial charge is 0.237 e. The number of aryl methyl sites for hydroxylation is 1. The minimum Gasteiger partial charge on any atom is -0.497 e. The number of benzene rings is 2. The second kappa shape index (κ2) is 9.23. The zero-order chi connectivity index (χ0) is 18.2. The number of rotatable bonds is 8. The molecule has 0 aliphatic rings. The number of hydrogen-bond acceptors (Lipinski definition) is 3. The first-order chi connectivity index (χ1) is 12.0. The van der Waals surface area contributed by atoms with E-state index < -0.39 is 0 Å². The standard InChI is InChI=1S/C21H28N2O2/c1-5-17-6-8-19(9-7-17)15-23(3)16(2)21(24)22-14-18-10-12-20(25-4)13-11-18/h6-13,16H,5,14-15H2,1-4H3,(H,22,24)/t16-/m0/s1. The fourth-order valence-corrected chi connectivity index (χ4v) is 2.59. The molecule has 4 nitrogen and oxygen atoms in total. The zero-order valence-corrected chi connectivity index (χ0v) is 15.6. The van der Waals surface area contributed by atoms with Crippen LogP contribution in [0.1, 0.15) is 30.5 Å². The lowest BCUT2D eigenvalue weighted by Crippen LogP contribution is -2.42. The molecule has 25 heavy (non-hydrogen) atoms. The number of likely N-dealkylation sites (N-methyl/N-ethyl adjacent to an activating group) is 1. The van der Waals surface area contributed by atoms with E-state index in [2.05, 4.69) is 41.4 Å². The number of carbonyl (C=O) groups is 1. The lowest BCUT2D eigenvalue weighted by atomic mass is 10.1. The van der Waals surface area contributed by atoms with Crippen LogP contribution in [0.3, 0.4) is 0 Å². The van der Waals surface area contributed by atoms with Gasteiger partial charge in [-0.1, -0.05) is 43.3 Å². The van der Waals surface area contributed by atoms with Crippen LogP contribution >= 0.6 is 0 Å². The van der Waals surface area contributed by atoms with Crippen LogP contribution in [0.2, 0.25) is 0 Å². The quantitative estimate of drug-likeness (QED) is 0.801. The number of ether oxygens (including phenoxy) is 1. The molecule has 0 aliphatic heterocycles. The average molecular weight is 340 g/mol. The zero-order valence-electron chi connectivity index (χ0n) is 15.6. The monoisotopic (exact) mass is 340 g/mol. The molecule has 0 saturated carbocycles. The molecule has 2 rings (SSSR count). The Balaban J connectivity index is 1.84. The van der Waals surface area contributed by atoms with Gasteiger partial charge in [0.1, 0.15) is 5.75 Å². The van der Waals surface area contributed by atoms with Crippen molar-refractivity contribution in [2.24, 2.45) is 0 Å². The van der Waals surface area contributed by atoms with E-state index in [0.29, 0.717) is 6.54 Å². The summed E-state index contributed by atoms with van der Waals surface area (Å²) in [4.78, 5) is 14.5. The first-order valence-electron chi connectivity index (χ1n) is 8.72. The van der Waals surface area contributed by atoms with Crippen LogP contribution < -0.4 is 10.1 Å². The number of hydrogen-bond donors (Lipinski definition) is 1. The van der Waals surface area contributed by atoms with Crippen molar-refractivity contribution in [2.45, 2.75) is 39.4 Å². The largest absolute Gasteiger partial charge is 0.497 e. The summed E-state index contributed by atoms with van der Waals surface area (Å²) >= 11 is 0. The highest BCUT2D eigenvalue weighted by Crippen LogP contribution is 2.12. The Kier molecular flexibility index (Phi) is 7.02. The maximum atomic E-state index is 12.4. The van der Waals surface area contributed by atoms with E-state index in [1.165, 1.54) is 11.1 Å². The Morgan fingerprint density at radius 1 is 1.04 bits per heavy atom. The Morgan fingerprint density at radius 3 is 2.16 bits per heavy atom. The Morgan fingerprint density at radius 2 is 1.60 bits per heavy atom. The highest BCUT2D eigenvalue weighted by atomic mass is 16.5. The van der Waals surface area contributed by atoms with E-state index in [9.17, 15) is 4.79 Å². The van der Waals surface area contributed by atoms with Crippen LogP contribution in [0.4, 0.5) is 0 Å². The van der Waals surface area contributed by atoms with E-state index in [4.69, 9.17) is 4.74 Å². The maximum Gasteiger partial charge on any atom is 0.237 e. The van der Waals surface area contributed by atoms with Gasteiger partial charge in [0.2, 0.25) is 5.91 Å². The lowest BCUT2D eigenvalue weighted by molar-refractivity contribution is -0.125. The van der Waals surface area contributed by atoms with Crippen molar-refractivity contribution in [3.05, 3.63) is 65.2 Å². The van der Waals surface area contributed by atoms with Gasteiger partial charge in [-0.2, -0.15) is 0 Å². The molecular formula is C21H28N2O2. The molecule has 2 aromatic rings. The molecular weight excluding hydrogens is 312 g/mol. The van der Waals surface area contributed by atoms with Gasteiger partial charge < -0.3 is 10.1 Å². The molecule has 4 heteroatoms. The number of carbonyl (C=O) groups excluding carboxylic acids is 1. The third-order valence-electron chi connectivity index (χ3n) is 4.53. The third kappa shape index (κ3) is 5.61. The van der Waals surface area contributed by atoms with Crippen molar-refractivity contribution in [1.82, 2.24) is 10.2 Å². The summed E-state index contributed by atoms with van der Waals surface area (Å²) in [5.74, 6) is 0.848. The molecule has 0 spiro atoms.